The standard InChI is InChI=1S/C55H66FN3O13/c1-2-28-70-55-51(58(24-29-66-30-27-62)54(63)68-32-31-67-36-39-12-4-3-5-13-39)35-49(57-71-37-40-18-20-43(21-19-40)59(64)65)46-33-41(14-8-10-25-60)45(16-9-11-26-61)52(53(46)55)47-34-44(22-23-50(47)72-55)69-38-42-15-6-7-17-48(42)56/h2-7,12-13,15,17-23,33-34,41,45,51-53,60-62H,1,8-11,14,16,24-32,35-38H2/t41-,45+,51-,52+,53+,55+/m0/s1. The molecule has 0 aromatic heterocycles. The van der Waals surface area contributed by atoms with Gasteiger partial charge in [0, 0.05) is 55.4 Å². The summed E-state index contributed by atoms with van der Waals surface area (Å²) in [5.41, 5.74) is 4.02. The van der Waals surface area contributed by atoms with E-state index in [1.54, 1.807) is 42.5 Å². The van der Waals surface area contributed by atoms with Gasteiger partial charge in [0.1, 0.15) is 43.2 Å². The average Bonchev–Trinajstić information content (AvgIpc) is 3.39. The number of halogens is 1. The number of fused-ring (bicyclic) bond motifs is 2. The first-order chi connectivity index (χ1) is 35.2. The third-order valence-corrected chi connectivity index (χ3v) is 13.4. The van der Waals surface area contributed by atoms with Gasteiger partial charge >= 0.3 is 6.09 Å². The molecule has 4 aromatic carbocycles. The van der Waals surface area contributed by atoms with Crippen LogP contribution in [-0.4, -0.2) is 108 Å². The number of non-ortho nitro benzene ring substituents is 1. The molecule has 0 unspecified atom stereocenters. The quantitative estimate of drug-likeness (QED) is 0.0202. The van der Waals surface area contributed by atoms with Crippen LogP contribution in [0, 0.1) is 33.7 Å². The molecule has 1 fully saturated rings. The molecule has 3 aliphatic rings. The van der Waals surface area contributed by atoms with Gasteiger partial charge in [0.05, 0.1) is 56.2 Å². The summed E-state index contributed by atoms with van der Waals surface area (Å²) < 4.78 is 53.2. The largest absolute Gasteiger partial charge is 0.489 e. The molecular formula is C55H66FN3O13. The molecular weight excluding hydrogens is 930 g/mol. The second-order valence-corrected chi connectivity index (χ2v) is 18.0. The molecule has 0 saturated heterocycles. The Bertz CT molecular complexity index is 2440. The lowest BCUT2D eigenvalue weighted by Crippen LogP contribution is -2.70. The van der Waals surface area contributed by atoms with Gasteiger partial charge < -0.3 is 48.6 Å². The van der Waals surface area contributed by atoms with Crippen LogP contribution in [-0.2, 0) is 43.6 Å². The number of oxime groups is 1. The van der Waals surface area contributed by atoms with Crippen LogP contribution in [0.4, 0.5) is 14.9 Å². The number of rotatable bonds is 29. The molecule has 1 aliphatic heterocycles. The minimum Gasteiger partial charge on any atom is -0.489 e. The van der Waals surface area contributed by atoms with Crippen molar-refractivity contribution >= 4 is 17.5 Å². The van der Waals surface area contributed by atoms with Gasteiger partial charge in [0.2, 0.25) is 5.79 Å². The van der Waals surface area contributed by atoms with E-state index in [4.69, 9.17) is 38.4 Å². The monoisotopic (exact) mass is 995 g/mol. The van der Waals surface area contributed by atoms with E-state index in [2.05, 4.69) is 12.7 Å². The number of aliphatic hydroxyl groups excluding tert-OH is 3. The van der Waals surface area contributed by atoms with Gasteiger partial charge in [-0.2, -0.15) is 0 Å². The van der Waals surface area contributed by atoms with Crippen LogP contribution in [0.25, 0.3) is 0 Å². The number of allylic oxidation sites excluding steroid dienone is 1. The van der Waals surface area contributed by atoms with Gasteiger partial charge in [-0.3, -0.25) is 15.0 Å². The lowest BCUT2D eigenvalue weighted by molar-refractivity contribution is -0.384. The van der Waals surface area contributed by atoms with Crippen molar-refractivity contribution in [2.45, 2.75) is 82.5 Å². The Morgan fingerprint density at radius 2 is 1.61 bits per heavy atom. The fraction of sp³-hybridized carbons (Fsp3) is 0.455. The molecule has 386 valence electrons. The molecule has 0 radical (unpaired) electrons. The summed E-state index contributed by atoms with van der Waals surface area (Å²) in [7, 11) is 0. The fourth-order valence-electron chi connectivity index (χ4n) is 10.2. The maximum absolute atomic E-state index is 14.9. The van der Waals surface area contributed by atoms with E-state index < -0.39 is 34.7 Å². The zero-order valence-electron chi connectivity index (χ0n) is 40.6. The number of carbonyl (C=O) groups excluding carboxylic acids is 1. The average molecular weight is 996 g/mol. The summed E-state index contributed by atoms with van der Waals surface area (Å²) >= 11 is 0. The van der Waals surface area contributed by atoms with Crippen LogP contribution in [0.5, 0.6) is 11.5 Å². The van der Waals surface area contributed by atoms with Gasteiger partial charge in [-0.15, -0.1) is 6.58 Å². The van der Waals surface area contributed by atoms with E-state index in [1.165, 1.54) is 23.1 Å². The SMILES string of the molecule is C=CCO[C@@]12Oc3ccc(OCc4ccccc4F)cc3[C@H]3[C@H](CCCCO)[C@@H](CCCCO)C=C(C(=NOCc4ccc([N+](=O)[O-])cc4)C[C@@H]1N(CCOCCO)C(=O)OCCOCc1ccccc1)[C@H]32. The number of ether oxygens (including phenoxy) is 6. The second kappa shape index (κ2) is 27.0. The molecule has 1 saturated carbocycles. The number of nitrogens with zero attached hydrogens (tertiary/aromatic N) is 3. The van der Waals surface area contributed by atoms with Crippen molar-refractivity contribution < 1.29 is 62.7 Å². The number of benzene rings is 4. The van der Waals surface area contributed by atoms with Crippen molar-refractivity contribution in [3.05, 3.63) is 160 Å². The number of aliphatic hydroxyl groups is 3. The van der Waals surface area contributed by atoms with Crippen molar-refractivity contribution in [1.29, 1.82) is 0 Å². The zero-order valence-corrected chi connectivity index (χ0v) is 40.6. The highest BCUT2D eigenvalue weighted by Crippen LogP contribution is 2.62. The van der Waals surface area contributed by atoms with Crippen LogP contribution in [0.15, 0.2) is 127 Å². The van der Waals surface area contributed by atoms with Crippen LogP contribution in [0.3, 0.4) is 0 Å². The van der Waals surface area contributed by atoms with E-state index >= 15 is 0 Å². The maximum Gasteiger partial charge on any atom is 0.410 e. The van der Waals surface area contributed by atoms with Crippen molar-refractivity contribution in [1.82, 2.24) is 4.90 Å². The van der Waals surface area contributed by atoms with Crippen molar-refractivity contribution in [3.63, 3.8) is 0 Å². The molecule has 1 amide bonds. The minimum absolute atomic E-state index is 0.00883. The van der Waals surface area contributed by atoms with Crippen molar-refractivity contribution in [2.24, 2.45) is 22.9 Å². The topological polar surface area (TPSA) is 201 Å². The normalized spacial score (nSPS) is 21.4. The Morgan fingerprint density at radius 1 is 0.861 bits per heavy atom. The summed E-state index contributed by atoms with van der Waals surface area (Å²) in [6.07, 6.45) is 7.15. The van der Waals surface area contributed by atoms with E-state index in [-0.39, 0.29) is 102 Å². The summed E-state index contributed by atoms with van der Waals surface area (Å²) in [6.45, 7) is 4.15. The number of nitro groups is 1. The van der Waals surface area contributed by atoms with Gasteiger partial charge in [0.25, 0.3) is 5.69 Å². The number of hydrogen-bond donors (Lipinski definition) is 3. The van der Waals surface area contributed by atoms with Gasteiger partial charge in [-0.1, -0.05) is 78.7 Å². The lowest BCUT2D eigenvalue weighted by Gasteiger charge is -2.59. The van der Waals surface area contributed by atoms with Crippen LogP contribution >= 0.6 is 0 Å². The second-order valence-electron chi connectivity index (χ2n) is 18.0. The number of amides is 1. The summed E-state index contributed by atoms with van der Waals surface area (Å²) in [5, 5.41) is 45.9. The summed E-state index contributed by atoms with van der Waals surface area (Å²) in [6, 6.07) is 26.6. The van der Waals surface area contributed by atoms with E-state index in [9.17, 15) is 34.6 Å². The Hall–Kier alpha value is -6.21. The Kier molecular flexibility index (Phi) is 20.1. The van der Waals surface area contributed by atoms with Gasteiger partial charge in [-0.05, 0) is 90.6 Å². The first kappa shape index (κ1) is 53.6. The van der Waals surface area contributed by atoms with Crippen molar-refractivity contribution in [3.8, 4) is 11.5 Å². The molecule has 0 bridgehead atoms. The lowest BCUT2D eigenvalue weighted by atomic mass is 9.55. The van der Waals surface area contributed by atoms with Crippen LogP contribution in [0.1, 0.15) is 73.1 Å². The Morgan fingerprint density at radius 3 is 2.35 bits per heavy atom. The number of unbranched alkanes of at least 4 members (excludes halogenated alkanes) is 2. The Balaban J connectivity index is 1.36. The van der Waals surface area contributed by atoms with Crippen molar-refractivity contribution in [2.75, 3.05) is 59.4 Å². The van der Waals surface area contributed by atoms with Gasteiger partial charge in [0.15, 0.2) is 0 Å². The highest BCUT2D eigenvalue weighted by molar-refractivity contribution is 6.03. The molecule has 17 heteroatoms. The molecule has 0 spiro atoms. The zero-order chi connectivity index (χ0) is 50.7. The third kappa shape index (κ3) is 13.4. The number of hydrogen-bond acceptors (Lipinski definition) is 14. The molecule has 2 aliphatic carbocycles. The Labute approximate surface area is 419 Å². The molecule has 6 atom stereocenters. The minimum atomic E-state index is -1.63. The highest BCUT2D eigenvalue weighted by atomic mass is 19.1. The predicted molar refractivity (Wildman–Crippen MR) is 266 cm³/mol. The smallest absolute Gasteiger partial charge is 0.410 e. The molecule has 1 heterocycles. The molecule has 7 rings (SSSR count). The fourth-order valence-corrected chi connectivity index (χ4v) is 10.2. The number of nitro benzene ring substituents is 1. The molecule has 4 aromatic rings. The van der Waals surface area contributed by atoms with Crippen LogP contribution < -0.4 is 9.47 Å². The van der Waals surface area contributed by atoms with Gasteiger partial charge in [-0.25, -0.2) is 9.18 Å². The van der Waals surface area contributed by atoms with E-state index in [1.807, 2.05) is 42.5 Å². The van der Waals surface area contributed by atoms with Crippen LogP contribution in [0.2, 0.25) is 0 Å². The highest BCUT2D eigenvalue weighted by Gasteiger charge is 2.65. The first-order valence-corrected chi connectivity index (χ1v) is 24.7. The summed E-state index contributed by atoms with van der Waals surface area (Å²) in [5.74, 6) is -2.30. The predicted octanol–water partition coefficient (Wildman–Crippen LogP) is 8.81. The first-order valence-electron chi connectivity index (χ1n) is 24.7. The summed E-state index contributed by atoms with van der Waals surface area (Å²) in [4.78, 5) is 33.4. The molecule has 3 N–H and O–H groups in total. The van der Waals surface area contributed by atoms with E-state index in [0.29, 0.717) is 67.0 Å². The molecule has 16 nitrogen and oxygen atoms in total. The third-order valence-electron chi connectivity index (χ3n) is 13.4. The number of carbonyl (C=O) groups is 1. The molecule has 72 heavy (non-hydrogen) atoms. The maximum atomic E-state index is 14.9. The van der Waals surface area contributed by atoms with E-state index in [0.717, 1.165) is 23.1 Å².